The number of aliphatic hydroxyl groups excluding tert-OH is 1. The Morgan fingerprint density at radius 3 is 2.54 bits per heavy atom. The Bertz CT molecular complexity index is 680. The van der Waals surface area contributed by atoms with Crippen LogP contribution in [0.5, 0.6) is 5.75 Å². The normalized spacial score (nSPS) is 32.8. The minimum absolute atomic E-state index is 0.122. The zero-order chi connectivity index (χ0) is 17.5. The van der Waals surface area contributed by atoms with Crippen molar-refractivity contribution in [3.05, 3.63) is 29.3 Å². The molecule has 0 aromatic heterocycles. The third kappa shape index (κ3) is 2.77. The van der Waals surface area contributed by atoms with Gasteiger partial charge < -0.3 is 9.84 Å². The fraction of sp³-hybridized carbons (Fsp3) is 0.600. The fourth-order valence-electron chi connectivity index (χ4n) is 4.32. The molecule has 4 heteroatoms. The number of rotatable bonds is 4. The quantitative estimate of drug-likeness (QED) is 0.922. The Kier molecular flexibility index (Phi) is 4.28. The summed E-state index contributed by atoms with van der Waals surface area (Å²) in [5.74, 6) is 1.18. The maximum atomic E-state index is 12.7. The van der Waals surface area contributed by atoms with Crippen LogP contribution in [0.1, 0.15) is 57.1 Å². The third-order valence-electron chi connectivity index (χ3n) is 6.10. The van der Waals surface area contributed by atoms with E-state index >= 15 is 0 Å². The highest BCUT2D eigenvalue weighted by molar-refractivity contribution is 5.92. The van der Waals surface area contributed by atoms with E-state index in [1.54, 1.807) is 7.11 Å². The van der Waals surface area contributed by atoms with Crippen molar-refractivity contribution in [3.63, 3.8) is 0 Å². The van der Waals surface area contributed by atoms with Gasteiger partial charge in [0.1, 0.15) is 17.3 Å². The number of Topliss-reactive ketones (excluding diaryl/α,β-unsaturated/α-hetero) is 2. The zero-order valence-corrected chi connectivity index (χ0v) is 14.7. The average Bonchev–Trinajstić information content (AvgIpc) is 2.82. The van der Waals surface area contributed by atoms with Crippen LogP contribution in [0.2, 0.25) is 0 Å². The molecular weight excluding hydrogens is 304 g/mol. The number of hydrogen-bond donors (Lipinski definition) is 1. The first-order valence-corrected chi connectivity index (χ1v) is 8.70. The second kappa shape index (κ2) is 5.99. The molecule has 0 heterocycles. The number of carbonyl (C=O) groups is 2. The van der Waals surface area contributed by atoms with Crippen molar-refractivity contribution in [3.8, 4) is 5.75 Å². The molecule has 0 radical (unpaired) electrons. The third-order valence-corrected chi connectivity index (χ3v) is 6.10. The van der Waals surface area contributed by atoms with E-state index < -0.39 is 16.9 Å². The number of ketones is 2. The lowest BCUT2D eigenvalue weighted by molar-refractivity contribution is -0.128. The molecular formula is C20H26O4. The Balaban J connectivity index is 1.87. The van der Waals surface area contributed by atoms with Crippen LogP contribution in [0.25, 0.3) is 0 Å². The van der Waals surface area contributed by atoms with Gasteiger partial charge in [-0.1, -0.05) is 13.0 Å². The summed E-state index contributed by atoms with van der Waals surface area (Å²) in [5, 5.41) is 9.80. The Labute approximate surface area is 143 Å². The summed E-state index contributed by atoms with van der Waals surface area (Å²) in [6.45, 7) is 3.93. The molecule has 1 aromatic carbocycles. The topological polar surface area (TPSA) is 63.6 Å². The molecule has 2 aliphatic carbocycles. The molecule has 4 nitrogen and oxygen atoms in total. The predicted molar refractivity (Wildman–Crippen MR) is 91.3 cm³/mol. The Morgan fingerprint density at radius 1 is 1.17 bits per heavy atom. The summed E-state index contributed by atoms with van der Waals surface area (Å²) in [6.07, 6.45) is 2.77. The Morgan fingerprint density at radius 2 is 1.92 bits per heavy atom. The van der Waals surface area contributed by atoms with Gasteiger partial charge in [-0.3, -0.25) is 9.59 Å². The lowest BCUT2D eigenvalue weighted by atomic mass is 9.65. The van der Waals surface area contributed by atoms with Gasteiger partial charge in [0.15, 0.2) is 0 Å². The average molecular weight is 330 g/mol. The molecule has 1 saturated carbocycles. The minimum Gasteiger partial charge on any atom is -0.497 e. The molecule has 1 aromatic rings. The number of hydrogen-bond acceptors (Lipinski definition) is 4. The van der Waals surface area contributed by atoms with Gasteiger partial charge in [-0.15, -0.1) is 0 Å². The lowest BCUT2D eigenvalue weighted by Gasteiger charge is -2.37. The smallest absolute Gasteiger partial charge is 0.143 e. The van der Waals surface area contributed by atoms with Gasteiger partial charge in [0.05, 0.1) is 18.6 Å². The number of fused-ring (bicyclic) bond motifs is 1. The molecule has 130 valence electrons. The van der Waals surface area contributed by atoms with Crippen LogP contribution >= 0.6 is 0 Å². The molecule has 3 atom stereocenters. The summed E-state index contributed by atoms with van der Waals surface area (Å²) < 4.78 is 5.30. The second-order valence-corrected chi connectivity index (χ2v) is 7.82. The van der Waals surface area contributed by atoms with Crippen LogP contribution in [0, 0.1) is 5.41 Å². The number of carbonyl (C=O) groups excluding carboxylic acids is 2. The summed E-state index contributed by atoms with van der Waals surface area (Å²) >= 11 is 0. The molecule has 2 aliphatic rings. The van der Waals surface area contributed by atoms with Crippen molar-refractivity contribution in [2.75, 3.05) is 7.11 Å². The maximum absolute atomic E-state index is 12.7. The first-order valence-electron chi connectivity index (χ1n) is 8.70. The van der Waals surface area contributed by atoms with Gasteiger partial charge >= 0.3 is 0 Å². The van der Waals surface area contributed by atoms with Gasteiger partial charge in [-0.2, -0.15) is 0 Å². The molecule has 0 amide bonds. The van der Waals surface area contributed by atoms with Crippen molar-refractivity contribution in [2.24, 2.45) is 5.41 Å². The molecule has 1 fully saturated rings. The summed E-state index contributed by atoms with van der Waals surface area (Å²) in [7, 11) is 1.65. The summed E-state index contributed by atoms with van der Waals surface area (Å²) in [6, 6.07) is 5.92. The molecule has 0 aliphatic heterocycles. The molecule has 0 spiro atoms. The minimum atomic E-state index is -0.559. The van der Waals surface area contributed by atoms with E-state index in [1.165, 1.54) is 5.56 Å². The van der Waals surface area contributed by atoms with Crippen molar-refractivity contribution < 1.29 is 19.4 Å². The van der Waals surface area contributed by atoms with E-state index in [1.807, 2.05) is 32.0 Å². The molecule has 0 bridgehead atoms. The van der Waals surface area contributed by atoms with Crippen molar-refractivity contribution in [1.29, 1.82) is 0 Å². The van der Waals surface area contributed by atoms with Gasteiger partial charge in [0.2, 0.25) is 0 Å². The van der Waals surface area contributed by atoms with E-state index in [4.69, 9.17) is 4.74 Å². The maximum Gasteiger partial charge on any atom is 0.143 e. The molecule has 1 unspecified atom stereocenters. The van der Waals surface area contributed by atoms with E-state index in [9.17, 15) is 14.7 Å². The van der Waals surface area contributed by atoms with Gasteiger partial charge in [-0.05, 0) is 55.9 Å². The highest BCUT2D eigenvalue weighted by Crippen LogP contribution is 2.45. The summed E-state index contributed by atoms with van der Waals surface area (Å²) in [4.78, 5) is 25.0. The Hall–Kier alpha value is -1.68. The van der Waals surface area contributed by atoms with Crippen LogP contribution in [0.3, 0.4) is 0 Å². The fourth-order valence-corrected chi connectivity index (χ4v) is 4.32. The van der Waals surface area contributed by atoms with Gasteiger partial charge in [-0.25, -0.2) is 0 Å². The van der Waals surface area contributed by atoms with Crippen LogP contribution in [0.15, 0.2) is 18.2 Å². The molecule has 3 rings (SSSR count). The largest absolute Gasteiger partial charge is 0.497 e. The number of methoxy groups -OCH3 is 1. The monoisotopic (exact) mass is 330 g/mol. The van der Waals surface area contributed by atoms with Crippen LogP contribution < -0.4 is 4.74 Å². The SMILES string of the molecule is COc1ccc2c(c1)CCC(=O)C2(C)CC[C@@]1(C)C[C@@H](O)CC1=O. The molecule has 1 N–H and O–H groups in total. The van der Waals surface area contributed by atoms with E-state index in [0.29, 0.717) is 25.7 Å². The van der Waals surface area contributed by atoms with E-state index in [0.717, 1.165) is 17.7 Å². The van der Waals surface area contributed by atoms with Crippen molar-refractivity contribution in [2.45, 2.75) is 63.9 Å². The highest BCUT2D eigenvalue weighted by atomic mass is 16.5. The second-order valence-electron chi connectivity index (χ2n) is 7.82. The number of aliphatic hydroxyl groups is 1. The summed E-state index contributed by atoms with van der Waals surface area (Å²) in [5.41, 5.74) is 1.16. The standard InChI is InChI=1S/C20H26O4/c1-19(12-14(21)11-18(19)23)8-9-20(2)16-6-5-15(24-3)10-13(16)4-7-17(20)22/h5-6,10,14,21H,4,7-9,11-12H2,1-3H3/t14-,19-,20?/m0/s1. The van der Waals surface area contributed by atoms with Crippen LogP contribution in [-0.4, -0.2) is 29.9 Å². The molecule has 0 saturated heterocycles. The van der Waals surface area contributed by atoms with E-state index in [-0.39, 0.29) is 18.0 Å². The first-order chi connectivity index (χ1) is 11.3. The number of benzene rings is 1. The van der Waals surface area contributed by atoms with Gasteiger partial charge in [0.25, 0.3) is 0 Å². The first kappa shape index (κ1) is 17.2. The van der Waals surface area contributed by atoms with Crippen LogP contribution in [0.4, 0.5) is 0 Å². The van der Waals surface area contributed by atoms with Crippen molar-refractivity contribution in [1.82, 2.24) is 0 Å². The van der Waals surface area contributed by atoms with Gasteiger partial charge in [0, 0.05) is 18.3 Å². The van der Waals surface area contributed by atoms with E-state index in [2.05, 4.69) is 0 Å². The van der Waals surface area contributed by atoms with Crippen molar-refractivity contribution >= 4 is 11.6 Å². The van der Waals surface area contributed by atoms with Crippen LogP contribution in [-0.2, 0) is 21.4 Å². The lowest BCUT2D eigenvalue weighted by Crippen LogP contribution is -2.39. The predicted octanol–water partition coefficient (Wildman–Crippen LogP) is 2.98. The molecule has 24 heavy (non-hydrogen) atoms. The highest BCUT2D eigenvalue weighted by Gasteiger charge is 2.46. The number of ether oxygens (including phenoxy) is 1. The number of aryl methyl sites for hydroxylation is 1. The zero-order valence-electron chi connectivity index (χ0n) is 14.7.